The van der Waals surface area contributed by atoms with E-state index in [2.05, 4.69) is 16.8 Å². The minimum Gasteiger partial charge on any atom is -0.479 e. The van der Waals surface area contributed by atoms with Gasteiger partial charge >= 0.3 is 5.97 Å². The van der Waals surface area contributed by atoms with E-state index in [0.717, 1.165) is 38.0 Å². The Labute approximate surface area is 120 Å². The number of hydrogen-bond donors (Lipinski definition) is 1. The average molecular weight is 282 g/mol. The summed E-state index contributed by atoms with van der Waals surface area (Å²) in [4.78, 5) is 15.9. The first kappa shape index (κ1) is 14.3. The highest BCUT2D eigenvalue weighted by Crippen LogP contribution is 2.30. The van der Waals surface area contributed by atoms with Gasteiger partial charge in [0, 0.05) is 19.1 Å². The van der Waals surface area contributed by atoms with Crippen molar-refractivity contribution in [3.63, 3.8) is 0 Å². The highest BCUT2D eigenvalue weighted by atomic mass is 16.5. The molecule has 5 nitrogen and oxygen atoms in total. The Kier molecular flexibility index (Phi) is 4.29. The van der Waals surface area contributed by atoms with Crippen molar-refractivity contribution in [3.05, 3.63) is 0 Å². The molecule has 0 bridgehead atoms. The van der Waals surface area contributed by atoms with E-state index in [9.17, 15) is 4.79 Å². The van der Waals surface area contributed by atoms with Gasteiger partial charge in [0.25, 0.3) is 0 Å². The van der Waals surface area contributed by atoms with Crippen molar-refractivity contribution in [1.82, 2.24) is 9.80 Å². The van der Waals surface area contributed by atoms with Crippen molar-refractivity contribution in [2.75, 3.05) is 33.2 Å². The third-order valence-corrected chi connectivity index (χ3v) is 5.27. The van der Waals surface area contributed by atoms with Crippen molar-refractivity contribution in [1.29, 1.82) is 0 Å². The molecule has 3 fully saturated rings. The van der Waals surface area contributed by atoms with Crippen LogP contribution in [0, 0.1) is 5.92 Å². The summed E-state index contributed by atoms with van der Waals surface area (Å²) in [5.41, 5.74) is 0. The summed E-state index contributed by atoms with van der Waals surface area (Å²) in [5.74, 6) is -0.0145. The van der Waals surface area contributed by atoms with Gasteiger partial charge < -0.3 is 19.6 Å². The lowest BCUT2D eigenvalue weighted by molar-refractivity contribution is -0.149. The Hall–Kier alpha value is -0.650. The molecule has 4 atom stereocenters. The first-order chi connectivity index (χ1) is 9.63. The molecule has 20 heavy (non-hydrogen) atoms. The van der Waals surface area contributed by atoms with E-state index in [0.29, 0.717) is 6.42 Å². The zero-order valence-electron chi connectivity index (χ0n) is 12.3. The molecule has 0 aromatic carbocycles. The van der Waals surface area contributed by atoms with Crippen LogP contribution in [0.15, 0.2) is 0 Å². The van der Waals surface area contributed by atoms with Crippen LogP contribution in [0.5, 0.6) is 0 Å². The fourth-order valence-electron chi connectivity index (χ4n) is 4.20. The first-order valence-corrected chi connectivity index (χ1v) is 7.94. The van der Waals surface area contributed by atoms with Crippen LogP contribution in [-0.4, -0.2) is 72.4 Å². The van der Waals surface area contributed by atoms with Gasteiger partial charge in [0.1, 0.15) is 0 Å². The predicted octanol–water partition coefficient (Wildman–Crippen LogP) is 1.03. The second-order valence-corrected chi connectivity index (χ2v) is 6.66. The largest absolute Gasteiger partial charge is 0.479 e. The molecule has 0 aliphatic carbocycles. The van der Waals surface area contributed by atoms with Gasteiger partial charge in [-0.05, 0) is 58.2 Å². The third kappa shape index (κ3) is 3.00. The van der Waals surface area contributed by atoms with Crippen molar-refractivity contribution in [2.24, 2.45) is 5.92 Å². The van der Waals surface area contributed by atoms with E-state index < -0.39 is 12.1 Å². The molecule has 0 radical (unpaired) electrons. The average Bonchev–Trinajstić information content (AvgIpc) is 2.88. The van der Waals surface area contributed by atoms with Crippen molar-refractivity contribution in [2.45, 2.75) is 50.4 Å². The molecule has 5 heteroatoms. The van der Waals surface area contributed by atoms with Crippen LogP contribution >= 0.6 is 0 Å². The normalized spacial score (nSPS) is 39.6. The Balaban J connectivity index is 1.49. The molecule has 3 aliphatic rings. The maximum Gasteiger partial charge on any atom is 0.332 e. The number of likely N-dealkylation sites (tertiary alicyclic amines) is 2. The van der Waals surface area contributed by atoms with E-state index in [4.69, 9.17) is 9.84 Å². The Morgan fingerprint density at radius 3 is 2.85 bits per heavy atom. The molecule has 1 N–H and O–H groups in total. The smallest absolute Gasteiger partial charge is 0.332 e. The molecule has 3 heterocycles. The number of rotatable bonds is 3. The maximum atomic E-state index is 10.9. The molecule has 0 aromatic heterocycles. The highest BCUT2D eigenvalue weighted by molar-refractivity contribution is 5.72. The van der Waals surface area contributed by atoms with Crippen LogP contribution in [0.1, 0.15) is 32.1 Å². The number of carbonyl (C=O) groups is 1. The van der Waals surface area contributed by atoms with Crippen LogP contribution in [0.2, 0.25) is 0 Å². The summed E-state index contributed by atoms with van der Waals surface area (Å²) in [6.07, 6.45) is 5.01. The topological polar surface area (TPSA) is 53.0 Å². The quantitative estimate of drug-likeness (QED) is 0.838. The lowest BCUT2D eigenvalue weighted by Crippen LogP contribution is -2.53. The van der Waals surface area contributed by atoms with Crippen LogP contribution in [0.25, 0.3) is 0 Å². The Morgan fingerprint density at radius 1 is 1.25 bits per heavy atom. The van der Waals surface area contributed by atoms with E-state index in [-0.39, 0.29) is 6.10 Å². The van der Waals surface area contributed by atoms with Crippen LogP contribution in [0.4, 0.5) is 0 Å². The molecule has 0 saturated carbocycles. The van der Waals surface area contributed by atoms with Gasteiger partial charge in [0.15, 0.2) is 6.10 Å². The molecule has 0 aromatic rings. The Bertz CT molecular complexity index is 363. The summed E-state index contributed by atoms with van der Waals surface area (Å²) in [5, 5.41) is 8.98. The zero-order chi connectivity index (χ0) is 14.1. The van der Waals surface area contributed by atoms with Gasteiger partial charge in [-0.1, -0.05) is 0 Å². The minimum atomic E-state index is -0.805. The van der Waals surface area contributed by atoms with E-state index in [1.807, 2.05) is 0 Å². The summed E-state index contributed by atoms with van der Waals surface area (Å²) in [6.45, 7) is 4.44. The Morgan fingerprint density at radius 2 is 2.10 bits per heavy atom. The molecular formula is C15H26N2O3. The third-order valence-electron chi connectivity index (χ3n) is 5.27. The molecule has 0 spiro atoms. The summed E-state index contributed by atoms with van der Waals surface area (Å²) < 4.78 is 5.63. The molecule has 3 aliphatic heterocycles. The maximum absolute atomic E-state index is 10.9. The van der Waals surface area contributed by atoms with Crippen LogP contribution < -0.4 is 0 Å². The number of carboxylic acid groups (broad SMARTS) is 1. The van der Waals surface area contributed by atoms with Crippen molar-refractivity contribution < 1.29 is 14.6 Å². The van der Waals surface area contributed by atoms with Gasteiger partial charge in [-0.25, -0.2) is 4.79 Å². The van der Waals surface area contributed by atoms with Gasteiger partial charge in [0.2, 0.25) is 0 Å². The number of aliphatic carboxylic acids is 1. The summed E-state index contributed by atoms with van der Waals surface area (Å²) in [6, 6.07) is 0.760. The number of fused-ring (bicyclic) bond motifs is 1. The van der Waals surface area contributed by atoms with E-state index >= 15 is 0 Å². The number of carboxylic acids is 1. The minimum absolute atomic E-state index is 0.119. The second-order valence-electron chi connectivity index (χ2n) is 6.66. The summed E-state index contributed by atoms with van der Waals surface area (Å²) >= 11 is 0. The van der Waals surface area contributed by atoms with E-state index in [1.54, 1.807) is 0 Å². The highest BCUT2D eigenvalue weighted by Gasteiger charge is 2.36. The van der Waals surface area contributed by atoms with Gasteiger partial charge in [-0.15, -0.1) is 0 Å². The second kappa shape index (κ2) is 6.00. The molecule has 114 valence electrons. The number of hydrogen-bond acceptors (Lipinski definition) is 4. The lowest BCUT2D eigenvalue weighted by Gasteiger charge is -2.46. The number of ether oxygens (including phenoxy) is 1. The number of piperidine rings is 2. The molecule has 4 unspecified atom stereocenters. The van der Waals surface area contributed by atoms with Gasteiger partial charge in [0.05, 0.1) is 6.10 Å². The lowest BCUT2D eigenvalue weighted by atomic mass is 9.84. The van der Waals surface area contributed by atoms with Crippen molar-refractivity contribution >= 4 is 5.97 Å². The van der Waals surface area contributed by atoms with Crippen molar-refractivity contribution in [3.8, 4) is 0 Å². The zero-order valence-corrected chi connectivity index (χ0v) is 12.3. The van der Waals surface area contributed by atoms with Gasteiger partial charge in [-0.2, -0.15) is 0 Å². The fourth-order valence-corrected chi connectivity index (χ4v) is 4.20. The number of nitrogens with zero attached hydrogens (tertiary/aromatic N) is 2. The molecule has 3 rings (SSSR count). The summed E-state index contributed by atoms with van der Waals surface area (Å²) in [7, 11) is 2.25. The molecule has 3 saturated heterocycles. The molecule has 0 amide bonds. The SMILES string of the molecule is CN1CCCC2CN(CC3CCC(C(=O)O)O3)CCC21. The standard InChI is InChI=1S/C15H26N2O3/c1-16-7-2-3-11-9-17(8-6-13(11)16)10-12-4-5-14(20-12)15(18)19/h11-14H,2-10H2,1H3,(H,18,19). The predicted molar refractivity (Wildman–Crippen MR) is 75.7 cm³/mol. The van der Waals surface area contributed by atoms with Crippen LogP contribution in [0.3, 0.4) is 0 Å². The van der Waals surface area contributed by atoms with Gasteiger partial charge in [-0.3, -0.25) is 0 Å². The monoisotopic (exact) mass is 282 g/mol. The van der Waals surface area contributed by atoms with E-state index in [1.165, 1.54) is 25.8 Å². The fraction of sp³-hybridized carbons (Fsp3) is 0.933. The van der Waals surface area contributed by atoms with Crippen LogP contribution in [-0.2, 0) is 9.53 Å². The first-order valence-electron chi connectivity index (χ1n) is 7.94. The molecular weight excluding hydrogens is 256 g/mol.